The van der Waals surface area contributed by atoms with Gasteiger partial charge < -0.3 is 20.4 Å². The van der Waals surface area contributed by atoms with Gasteiger partial charge in [-0.15, -0.1) is 0 Å². The van der Waals surface area contributed by atoms with Crippen LogP contribution in [0.1, 0.15) is 33.6 Å². The summed E-state index contributed by atoms with van der Waals surface area (Å²) in [4.78, 5) is 28.6. The minimum Gasteiger partial charge on any atom is -0.444 e. The van der Waals surface area contributed by atoms with Crippen molar-refractivity contribution in [2.75, 3.05) is 30.9 Å². The van der Waals surface area contributed by atoms with E-state index in [1.807, 2.05) is 82.4 Å². The zero-order valence-electron chi connectivity index (χ0n) is 21.8. The number of ether oxygens (including phenoxy) is 1. The van der Waals surface area contributed by atoms with Crippen LogP contribution >= 0.6 is 0 Å². The Morgan fingerprint density at radius 2 is 1.76 bits per heavy atom. The summed E-state index contributed by atoms with van der Waals surface area (Å²) in [5, 5.41) is 2.23. The SMILES string of the molecule is CN(C(=O)OC(C)(C)C)C1CCN(n2c(-c3cccnc3N)nc3ccc(-c4ccccc4)nc32)CC1. The summed E-state index contributed by atoms with van der Waals surface area (Å²) in [6, 6.07) is 18.0. The van der Waals surface area contributed by atoms with E-state index in [-0.39, 0.29) is 12.1 Å². The summed E-state index contributed by atoms with van der Waals surface area (Å²) in [6.07, 6.45) is 2.96. The van der Waals surface area contributed by atoms with Gasteiger partial charge in [-0.1, -0.05) is 30.3 Å². The van der Waals surface area contributed by atoms with Crippen LogP contribution in [0.3, 0.4) is 0 Å². The molecule has 0 unspecified atom stereocenters. The Bertz CT molecular complexity index is 1400. The van der Waals surface area contributed by atoms with E-state index in [2.05, 4.69) is 14.7 Å². The second-order valence-corrected chi connectivity index (χ2v) is 10.4. The molecule has 0 saturated carbocycles. The third-order valence-corrected chi connectivity index (χ3v) is 6.58. The topological polar surface area (TPSA) is 102 Å². The fourth-order valence-electron chi connectivity index (χ4n) is 4.69. The van der Waals surface area contributed by atoms with Crippen LogP contribution in [0.4, 0.5) is 10.6 Å². The Morgan fingerprint density at radius 1 is 1.03 bits per heavy atom. The van der Waals surface area contributed by atoms with Gasteiger partial charge in [-0.3, -0.25) is 0 Å². The first kappa shape index (κ1) is 24.5. The van der Waals surface area contributed by atoms with E-state index >= 15 is 0 Å². The van der Waals surface area contributed by atoms with Crippen LogP contribution in [0.5, 0.6) is 0 Å². The number of fused-ring (bicyclic) bond motifs is 1. The number of carbonyl (C=O) groups excluding carboxylic acids is 1. The molecule has 0 aliphatic carbocycles. The molecule has 4 aromatic rings. The second-order valence-electron chi connectivity index (χ2n) is 10.4. The number of hydrogen-bond acceptors (Lipinski definition) is 7. The maximum Gasteiger partial charge on any atom is 0.410 e. The normalized spacial score (nSPS) is 14.6. The highest BCUT2D eigenvalue weighted by Gasteiger charge is 2.30. The minimum absolute atomic E-state index is 0.0839. The van der Waals surface area contributed by atoms with Crippen molar-refractivity contribution in [3.63, 3.8) is 0 Å². The highest BCUT2D eigenvalue weighted by molar-refractivity contribution is 5.82. The molecule has 1 aliphatic heterocycles. The Hall–Kier alpha value is -4.14. The molecule has 1 fully saturated rings. The summed E-state index contributed by atoms with van der Waals surface area (Å²) in [6.45, 7) is 7.08. The molecule has 1 aliphatic rings. The number of pyridine rings is 2. The molecule has 37 heavy (non-hydrogen) atoms. The lowest BCUT2D eigenvalue weighted by Crippen LogP contribution is -2.50. The molecule has 9 heteroatoms. The van der Waals surface area contributed by atoms with E-state index in [0.29, 0.717) is 24.7 Å². The van der Waals surface area contributed by atoms with E-state index < -0.39 is 5.60 Å². The largest absolute Gasteiger partial charge is 0.444 e. The number of nitrogens with zero attached hydrogens (tertiary/aromatic N) is 6. The van der Waals surface area contributed by atoms with Gasteiger partial charge in [0.15, 0.2) is 11.5 Å². The number of anilines is 1. The van der Waals surface area contributed by atoms with E-state index in [0.717, 1.165) is 40.8 Å². The number of nitrogens with two attached hydrogens (primary N) is 1. The molecule has 0 radical (unpaired) electrons. The van der Waals surface area contributed by atoms with Crippen molar-refractivity contribution in [2.24, 2.45) is 0 Å². The van der Waals surface area contributed by atoms with Crippen LogP contribution < -0.4 is 10.7 Å². The minimum atomic E-state index is -0.525. The summed E-state index contributed by atoms with van der Waals surface area (Å²) in [7, 11) is 1.82. The van der Waals surface area contributed by atoms with Crippen molar-refractivity contribution in [1.29, 1.82) is 0 Å². The Balaban J connectivity index is 1.50. The molecular weight excluding hydrogens is 466 g/mol. The van der Waals surface area contributed by atoms with Crippen molar-refractivity contribution in [3.05, 3.63) is 60.8 Å². The van der Waals surface area contributed by atoms with Crippen LogP contribution in [0, 0.1) is 0 Å². The predicted molar refractivity (Wildman–Crippen MR) is 146 cm³/mol. The van der Waals surface area contributed by atoms with Crippen LogP contribution in [-0.4, -0.2) is 62.4 Å². The molecule has 0 bridgehead atoms. The Kier molecular flexibility index (Phi) is 6.45. The van der Waals surface area contributed by atoms with Gasteiger partial charge in [0.25, 0.3) is 0 Å². The van der Waals surface area contributed by atoms with Gasteiger partial charge >= 0.3 is 6.09 Å². The van der Waals surface area contributed by atoms with Gasteiger partial charge in [0.1, 0.15) is 16.9 Å². The van der Waals surface area contributed by atoms with Crippen molar-refractivity contribution in [2.45, 2.75) is 45.3 Å². The molecule has 9 nitrogen and oxygen atoms in total. The maximum absolute atomic E-state index is 12.6. The van der Waals surface area contributed by atoms with Crippen molar-refractivity contribution in [3.8, 4) is 22.6 Å². The van der Waals surface area contributed by atoms with Crippen molar-refractivity contribution < 1.29 is 9.53 Å². The molecule has 4 heterocycles. The third kappa shape index (κ3) is 5.07. The van der Waals surface area contributed by atoms with E-state index in [1.54, 1.807) is 11.1 Å². The first-order valence-electron chi connectivity index (χ1n) is 12.6. The summed E-state index contributed by atoms with van der Waals surface area (Å²) < 4.78 is 7.65. The predicted octanol–water partition coefficient (Wildman–Crippen LogP) is 4.71. The van der Waals surface area contributed by atoms with E-state index in [4.69, 9.17) is 20.4 Å². The van der Waals surface area contributed by atoms with Gasteiger partial charge in [0.05, 0.1) is 11.3 Å². The zero-order chi connectivity index (χ0) is 26.2. The van der Waals surface area contributed by atoms with Gasteiger partial charge in [0, 0.05) is 37.9 Å². The number of amides is 1. The quantitative estimate of drug-likeness (QED) is 0.434. The average molecular weight is 500 g/mol. The Morgan fingerprint density at radius 3 is 2.43 bits per heavy atom. The third-order valence-electron chi connectivity index (χ3n) is 6.58. The molecule has 1 amide bonds. The first-order chi connectivity index (χ1) is 17.7. The number of carbonyl (C=O) groups is 1. The molecule has 3 aromatic heterocycles. The Labute approximate surface area is 216 Å². The van der Waals surface area contributed by atoms with E-state index in [1.165, 1.54) is 0 Å². The number of imidazole rings is 1. The number of benzene rings is 1. The molecule has 0 atom stereocenters. The molecule has 192 valence electrons. The van der Waals surface area contributed by atoms with Crippen molar-refractivity contribution >= 4 is 23.1 Å². The average Bonchev–Trinajstić information content (AvgIpc) is 3.26. The molecular formula is C28H33N7O2. The molecule has 5 rings (SSSR count). The van der Waals surface area contributed by atoms with Crippen LogP contribution in [0.15, 0.2) is 60.8 Å². The number of rotatable bonds is 4. The number of piperidine rings is 1. The maximum atomic E-state index is 12.6. The smallest absolute Gasteiger partial charge is 0.410 e. The van der Waals surface area contributed by atoms with Crippen molar-refractivity contribution in [1.82, 2.24) is 24.5 Å². The lowest BCUT2D eigenvalue weighted by molar-refractivity contribution is 0.0197. The summed E-state index contributed by atoms with van der Waals surface area (Å²) >= 11 is 0. The number of aromatic nitrogens is 4. The fourth-order valence-corrected chi connectivity index (χ4v) is 4.69. The van der Waals surface area contributed by atoms with E-state index in [9.17, 15) is 4.79 Å². The lowest BCUT2D eigenvalue weighted by Gasteiger charge is -2.38. The second kappa shape index (κ2) is 9.72. The van der Waals surface area contributed by atoms with Gasteiger partial charge in [-0.25, -0.2) is 24.4 Å². The van der Waals surface area contributed by atoms with Gasteiger partial charge in [-0.2, -0.15) is 0 Å². The standard InChI is InChI=1S/C28H33N7O2/c1-28(2,3)37-27(36)33(4)20-14-17-34(18-15-20)35-25(21-11-8-16-30-24(21)29)32-23-13-12-22(31-26(23)35)19-9-6-5-7-10-19/h5-13,16,20H,14-15,17-18H2,1-4H3,(H2,29,30). The summed E-state index contributed by atoms with van der Waals surface area (Å²) in [5.74, 6) is 1.12. The van der Waals surface area contributed by atoms with Gasteiger partial charge in [-0.05, 0) is 57.9 Å². The number of nitrogen functional groups attached to an aromatic ring is 1. The molecule has 1 aromatic carbocycles. The first-order valence-corrected chi connectivity index (χ1v) is 12.6. The fraction of sp³-hybridized carbons (Fsp3) is 0.357. The zero-order valence-corrected chi connectivity index (χ0v) is 21.8. The highest BCUT2D eigenvalue weighted by atomic mass is 16.6. The van der Waals surface area contributed by atoms with Gasteiger partial charge in [0.2, 0.25) is 0 Å². The molecule has 0 spiro atoms. The monoisotopic (exact) mass is 499 g/mol. The summed E-state index contributed by atoms with van der Waals surface area (Å²) in [5.41, 5.74) is 9.97. The van der Waals surface area contributed by atoms with Crippen LogP contribution in [0.2, 0.25) is 0 Å². The highest BCUT2D eigenvalue weighted by Crippen LogP contribution is 2.30. The number of hydrogen-bond donors (Lipinski definition) is 1. The van der Waals surface area contributed by atoms with Crippen LogP contribution in [-0.2, 0) is 4.74 Å². The molecule has 1 saturated heterocycles. The lowest BCUT2D eigenvalue weighted by atomic mass is 10.1. The molecule has 2 N–H and O–H groups in total. The van der Waals surface area contributed by atoms with Crippen LogP contribution in [0.25, 0.3) is 33.8 Å².